The van der Waals surface area contributed by atoms with E-state index < -0.39 is 0 Å². The number of hydrogen-bond donors (Lipinski definition) is 0. The molecule has 0 N–H and O–H groups in total. The highest BCUT2D eigenvalue weighted by atomic mass is 16.5. The van der Waals surface area contributed by atoms with Crippen LogP contribution in [0.1, 0.15) is 32.3 Å². The normalized spacial score (nSPS) is 12.6. The molecule has 0 saturated heterocycles. The van der Waals surface area contributed by atoms with Crippen LogP contribution in [0.3, 0.4) is 0 Å². The first-order chi connectivity index (χ1) is 7.06. The predicted octanol–water partition coefficient (Wildman–Crippen LogP) is 3.02. The molecule has 0 amide bonds. The molecule has 0 spiro atoms. The van der Waals surface area contributed by atoms with E-state index in [1.54, 1.807) is 7.11 Å². The van der Waals surface area contributed by atoms with Crippen molar-refractivity contribution >= 4 is 5.78 Å². The molecule has 1 atom stereocenters. The fourth-order valence-electron chi connectivity index (χ4n) is 1.58. The zero-order valence-corrected chi connectivity index (χ0v) is 9.78. The highest BCUT2D eigenvalue weighted by molar-refractivity contribution is 5.87. The lowest BCUT2D eigenvalue weighted by Crippen LogP contribution is -2.15. The SMILES string of the molecule is COc1cccc(C(C)C(=O)C(C)C)c1. The van der Waals surface area contributed by atoms with Crippen LogP contribution >= 0.6 is 0 Å². The third-order valence-electron chi connectivity index (χ3n) is 2.59. The van der Waals surface area contributed by atoms with Crippen molar-refractivity contribution in [1.82, 2.24) is 0 Å². The van der Waals surface area contributed by atoms with Crippen molar-refractivity contribution in [3.05, 3.63) is 29.8 Å². The summed E-state index contributed by atoms with van der Waals surface area (Å²) in [5.74, 6) is 1.09. The lowest BCUT2D eigenvalue weighted by Gasteiger charge is -2.14. The van der Waals surface area contributed by atoms with Gasteiger partial charge in [-0.2, -0.15) is 0 Å². The van der Waals surface area contributed by atoms with Gasteiger partial charge in [-0.05, 0) is 17.7 Å². The van der Waals surface area contributed by atoms with E-state index in [9.17, 15) is 4.79 Å². The number of ether oxygens (including phenoxy) is 1. The molecule has 2 nitrogen and oxygen atoms in total. The van der Waals surface area contributed by atoms with Crippen LogP contribution in [0.2, 0.25) is 0 Å². The summed E-state index contributed by atoms with van der Waals surface area (Å²) in [5, 5.41) is 0. The van der Waals surface area contributed by atoms with Crippen LogP contribution in [0.25, 0.3) is 0 Å². The summed E-state index contributed by atoms with van der Waals surface area (Å²) in [5.41, 5.74) is 1.02. The van der Waals surface area contributed by atoms with Gasteiger partial charge < -0.3 is 4.74 Å². The molecule has 0 aromatic heterocycles. The van der Waals surface area contributed by atoms with Crippen molar-refractivity contribution in [2.24, 2.45) is 5.92 Å². The van der Waals surface area contributed by atoms with Gasteiger partial charge in [-0.3, -0.25) is 4.79 Å². The summed E-state index contributed by atoms with van der Waals surface area (Å²) in [6, 6.07) is 7.69. The largest absolute Gasteiger partial charge is 0.497 e. The van der Waals surface area contributed by atoms with Crippen LogP contribution in [0.15, 0.2) is 24.3 Å². The van der Waals surface area contributed by atoms with Gasteiger partial charge in [-0.1, -0.05) is 32.9 Å². The van der Waals surface area contributed by atoms with Crippen LogP contribution in [0.4, 0.5) is 0 Å². The number of ketones is 1. The number of methoxy groups -OCH3 is 1. The van der Waals surface area contributed by atoms with Gasteiger partial charge in [0.2, 0.25) is 0 Å². The second-order valence-corrected chi connectivity index (χ2v) is 4.06. The molecular weight excluding hydrogens is 188 g/mol. The Kier molecular flexibility index (Phi) is 3.89. The van der Waals surface area contributed by atoms with Gasteiger partial charge in [0.25, 0.3) is 0 Å². The average Bonchev–Trinajstić information content (AvgIpc) is 2.27. The molecule has 0 fully saturated rings. The highest BCUT2D eigenvalue weighted by Crippen LogP contribution is 2.23. The molecular formula is C13H18O2. The van der Waals surface area contributed by atoms with Gasteiger partial charge in [0, 0.05) is 11.8 Å². The van der Waals surface area contributed by atoms with Gasteiger partial charge >= 0.3 is 0 Å². The Hall–Kier alpha value is -1.31. The Labute approximate surface area is 91.3 Å². The van der Waals surface area contributed by atoms with Crippen LogP contribution in [-0.2, 0) is 4.79 Å². The fourth-order valence-corrected chi connectivity index (χ4v) is 1.58. The maximum atomic E-state index is 11.8. The minimum Gasteiger partial charge on any atom is -0.497 e. The maximum Gasteiger partial charge on any atom is 0.142 e. The Morgan fingerprint density at radius 2 is 1.93 bits per heavy atom. The van der Waals surface area contributed by atoms with Gasteiger partial charge in [-0.25, -0.2) is 0 Å². The third kappa shape index (κ3) is 2.82. The summed E-state index contributed by atoms with van der Waals surface area (Å²) in [6.45, 7) is 5.80. The van der Waals surface area contributed by atoms with Gasteiger partial charge in [0.1, 0.15) is 11.5 Å². The second kappa shape index (κ2) is 4.96. The molecule has 0 aliphatic heterocycles. The lowest BCUT2D eigenvalue weighted by molar-refractivity contribution is -0.123. The smallest absolute Gasteiger partial charge is 0.142 e. The third-order valence-corrected chi connectivity index (χ3v) is 2.59. The second-order valence-electron chi connectivity index (χ2n) is 4.06. The van der Waals surface area contributed by atoms with Crippen molar-refractivity contribution in [1.29, 1.82) is 0 Å². The molecule has 1 aromatic rings. The topological polar surface area (TPSA) is 26.3 Å². The van der Waals surface area contributed by atoms with Crippen LogP contribution in [0, 0.1) is 5.92 Å². The molecule has 15 heavy (non-hydrogen) atoms. The first kappa shape index (κ1) is 11.8. The van der Waals surface area contributed by atoms with Crippen molar-refractivity contribution < 1.29 is 9.53 Å². The molecule has 0 heterocycles. The molecule has 0 radical (unpaired) electrons. The number of benzene rings is 1. The number of carbonyl (C=O) groups excluding carboxylic acids is 1. The molecule has 0 aliphatic carbocycles. The lowest BCUT2D eigenvalue weighted by atomic mass is 9.90. The molecule has 0 saturated carbocycles. The standard InChI is InChI=1S/C13H18O2/c1-9(2)13(14)10(3)11-6-5-7-12(8-11)15-4/h5-10H,1-4H3. The van der Waals surface area contributed by atoms with E-state index in [4.69, 9.17) is 4.74 Å². The van der Waals surface area contributed by atoms with Gasteiger partial charge in [-0.15, -0.1) is 0 Å². The summed E-state index contributed by atoms with van der Waals surface area (Å²) in [6.07, 6.45) is 0. The maximum absolute atomic E-state index is 11.8. The van der Waals surface area contributed by atoms with E-state index in [-0.39, 0.29) is 17.6 Å². The van der Waals surface area contributed by atoms with Crippen LogP contribution in [-0.4, -0.2) is 12.9 Å². The van der Waals surface area contributed by atoms with E-state index in [0.29, 0.717) is 0 Å². The summed E-state index contributed by atoms with van der Waals surface area (Å²) in [4.78, 5) is 11.8. The van der Waals surface area contributed by atoms with E-state index >= 15 is 0 Å². The Morgan fingerprint density at radius 3 is 2.47 bits per heavy atom. The first-order valence-corrected chi connectivity index (χ1v) is 5.24. The first-order valence-electron chi connectivity index (χ1n) is 5.24. The monoisotopic (exact) mass is 206 g/mol. The van der Waals surface area contributed by atoms with E-state index in [1.165, 1.54) is 0 Å². The van der Waals surface area contributed by atoms with E-state index in [2.05, 4.69) is 0 Å². The van der Waals surface area contributed by atoms with Crippen molar-refractivity contribution in [2.45, 2.75) is 26.7 Å². The fraction of sp³-hybridized carbons (Fsp3) is 0.462. The van der Waals surface area contributed by atoms with E-state index in [0.717, 1.165) is 11.3 Å². The quantitative estimate of drug-likeness (QED) is 0.757. The van der Waals surface area contributed by atoms with Crippen molar-refractivity contribution in [3.8, 4) is 5.75 Å². The van der Waals surface area contributed by atoms with Gasteiger partial charge in [0.05, 0.1) is 7.11 Å². The number of rotatable bonds is 4. The van der Waals surface area contributed by atoms with Crippen LogP contribution < -0.4 is 4.74 Å². The molecule has 82 valence electrons. The minimum absolute atomic E-state index is 0.0555. The Bertz CT molecular complexity index is 342. The molecule has 0 aliphatic rings. The number of Topliss-reactive ketones (excluding diaryl/α,β-unsaturated/α-hetero) is 1. The number of hydrogen-bond acceptors (Lipinski definition) is 2. The molecule has 1 unspecified atom stereocenters. The van der Waals surface area contributed by atoms with Crippen molar-refractivity contribution in [3.63, 3.8) is 0 Å². The molecule has 1 rings (SSSR count). The number of carbonyl (C=O) groups is 1. The van der Waals surface area contributed by atoms with Crippen molar-refractivity contribution in [2.75, 3.05) is 7.11 Å². The Morgan fingerprint density at radius 1 is 1.27 bits per heavy atom. The minimum atomic E-state index is -0.0555. The zero-order valence-electron chi connectivity index (χ0n) is 9.78. The zero-order chi connectivity index (χ0) is 11.4. The predicted molar refractivity (Wildman–Crippen MR) is 61.3 cm³/mol. The summed E-state index contributed by atoms with van der Waals surface area (Å²) in [7, 11) is 1.63. The summed E-state index contributed by atoms with van der Waals surface area (Å²) < 4.78 is 5.13. The van der Waals surface area contributed by atoms with Gasteiger partial charge in [0.15, 0.2) is 0 Å². The van der Waals surface area contributed by atoms with E-state index in [1.807, 2.05) is 45.0 Å². The molecule has 0 bridgehead atoms. The molecule has 1 aromatic carbocycles. The summed E-state index contributed by atoms with van der Waals surface area (Å²) >= 11 is 0. The average molecular weight is 206 g/mol. The Balaban J connectivity index is 2.90. The highest BCUT2D eigenvalue weighted by Gasteiger charge is 2.18. The van der Waals surface area contributed by atoms with Crippen LogP contribution in [0.5, 0.6) is 5.75 Å². The molecule has 2 heteroatoms.